The summed E-state index contributed by atoms with van der Waals surface area (Å²) in [6, 6.07) is 27.0. The number of nitrogens with zero attached hydrogens (tertiary/aromatic N) is 4. The van der Waals surface area contributed by atoms with Crippen LogP contribution in [0, 0.1) is 13.3 Å². The van der Waals surface area contributed by atoms with E-state index in [2.05, 4.69) is 241 Å². The van der Waals surface area contributed by atoms with Crippen molar-refractivity contribution in [3.8, 4) is 0 Å². The van der Waals surface area contributed by atoms with Crippen molar-refractivity contribution in [2.24, 2.45) is 0 Å². The van der Waals surface area contributed by atoms with E-state index in [0.29, 0.717) is 47.3 Å². The molecule has 0 N–H and O–H groups in total. The van der Waals surface area contributed by atoms with E-state index < -0.39 is 7.25 Å². The molecular formula is C54H74BCuF4N4-2. The van der Waals surface area contributed by atoms with Crippen molar-refractivity contribution < 1.29 is 34.3 Å². The van der Waals surface area contributed by atoms with Crippen molar-refractivity contribution in [1.82, 2.24) is 0 Å². The standard InChI is InChI=1S/2C27H37N2.BF4.Cu/c2*1-18(2)22-11-9-12-23(19(3)4)26(22)28-15-16-29(17-28)27-24(20(5)6)13-10-14-25(27)21(7)8;2-1(3,4)5;/h2*9-21H,1-8H3;;/q3*-1;+1. The second kappa shape index (κ2) is 23.4. The van der Waals surface area contributed by atoms with Crippen LogP contribution in [0.2, 0.25) is 0 Å². The first-order valence-corrected chi connectivity index (χ1v) is 23.0. The van der Waals surface area contributed by atoms with Crippen molar-refractivity contribution in [3.63, 3.8) is 0 Å². The normalized spacial score (nSPS) is 13.9. The molecule has 2 aliphatic rings. The van der Waals surface area contributed by atoms with Gasteiger partial charge in [0.05, 0.1) is 0 Å². The van der Waals surface area contributed by atoms with E-state index in [1.165, 1.54) is 67.3 Å². The van der Waals surface area contributed by atoms with Crippen LogP contribution < -0.4 is 19.6 Å². The summed E-state index contributed by atoms with van der Waals surface area (Å²) in [5, 5.41) is 0. The topological polar surface area (TPSA) is 13.0 Å². The van der Waals surface area contributed by atoms with Crippen LogP contribution in [0.5, 0.6) is 0 Å². The van der Waals surface area contributed by atoms with Crippen LogP contribution in [0.1, 0.15) is 203 Å². The van der Waals surface area contributed by atoms with Crippen LogP contribution in [0.4, 0.5) is 40.0 Å². The van der Waals surface area contributed by atoms with E-state index in [9.17, 15) is 17.3 Å². The first-order chi connectivity index (χ1) is 29.4. The molecule has 0 bridgehead atoms. The summed E-state index contributed by atoms with van der Waals surface area (Å²) in [4.78, 5) is 9.30. The van der Waals surface area contributed by atoms with E-state index in [1.807, 2.05) is 0 Å². The van der Waals surface area contributed by atoms with Gasteiger partial charge in [0.1, 0.15) is 0 Å². The minimum Gasteiger partial charge on any atom is -0.479 e. The van der Waals surface area contributed by atoms with E-state index in [0.717, 1.165) is 0 Å². The molecule has 4 aromatic rings. The van der Waals surface area contributed by atoms with Crippen LogP contribution >= 0.6 is 0 Å². The van der Waals surface area contributed by atoms with Gasteiger partial charge in [-0.05, 0) is 117 Å². The van der Waals surface area contributed by atoms with Crippen LogP contribution in [-0.4, -0.2) is 7.25 Å². The summed E-state index contributed by atoms with van der Waals surface area (Å²) < 4.78 is 39.0. The van der Waals surface area contributed by atoms with Crippen molar-refractivity contribution in [2.75, 3.05) is 19.6 Å². The van der Waals surface area contributed by atoms with Gasteiger partial charge < -0.3 is 36.9 Å². The Morgan fingerprint density at radius 3 is 0.547 bits per heavy atom. The second-order valence-electron chi connectivity index (χ2n) is 19.3. The zero-order valence-corrected chi connectivity index (χ0v) is 42.1. The molecular weight excluding hydrogens is 855 g/mol. The van der Waals surface area contributed by atoms with Gasteiger partial charge in [-0.1, -0.05) is 184 Å². The van der Waals surface area contributed by atoms with Gasteiger partial charge in [0, 0.05) is 22.7 Å². The molecule has 0 fully saturated rings. The minimum absolute atomic E-state index is 0. The quantitative estimate of drug-likeness (QED) is 0.0797. The molecule has 4 nitrogen and oxygen atoms in total. The van der Waals surface area contributed by atoms with E-state index in [1.54, 1.807) is 0 Å². The molecule has 0 saturated carbocycles. The van der Waals surface area contributed by atoms with Crippen molar-refractivity contribution in [3.05, 3.63) is 155 Å². The minimum atomic E-state index is -6.00. The van der Waals surface area contributed by atoms with E-state index >= 15 is 0 Å². The predicted octanol–water partition coefficient (Wildman–Crippen LogP) is 17.5. The number of benzene rings is 4. The maximum atomic E-state index is 9.75. The first-order valence-electron chi connectivity index (χ1n) is 23.0. The molecule has 2 heterocycles. The zero-order chi connectivity index (χ0) is 47.1. The molecule has 4 aromatic carbocycles. The Morgan fingerprint density at radius 2 is 0.438 bits per heavy atom. The molecule has 0 saturated heterocycles. The van der Waals surface area contributed by atoms with Gasteiger partial charge in [-0.15, -0.1) is 13.3 Å². The van der Waals surface area contributed by atoms with Crippen molar-refractivity contribution in [2.45, 2.75) is 158 Å². The fraction of sp³-hybridized carbons (Fsp3) is 0.444. The predicted molar refractivity (Wildman–Crippen MR) is 265 cm³/mol. The van der Waals surface area contributed by atoms with Crippen molar-refractivity contribution in [1.29, 1.82) is 0 Å². The Morgan fingerprint density at radius 1 is 0.312 bits per heavy atom. The molecule has 354 valence electrons. The van der Waals surface area contributed by atoms with Gasteiger partial charge in [-0.2, -0.15) is 0 Å². The average molecular weight is 930 g/mol. The van der Waals surface area contributed by atoms with Gasteiger partial charge in [-0.3, -0.25) is 0 Å². The van der Waals surface area contributed by atoms with Gasteiger partial charge in [-0.25, -0.2) is 0 Å². The fourth-order valence-corrected chi connectivity index (χ4v) is 8.48. The maximum Gasteiger partial charge on any atom is 1.00 e. The van der Waals surface area contributed by atoms with Gasteiger partial charge in [0.15, 0.2) is 0 Å². The third-order valence-electron chi connectivity index (χ3n) is 11.7. The fourth-order valence-electron chi connectivity index (χ4n) is 8.48. The Hall–Kier alpha value is -4.14. The van der Waals surface area contributed by atoms with Gasteiger partial charge >= 0.3 is 24.3 Å². The molecule has 0 radical (unpaired) electrons. The number of hydrogen-bond acceptors (Lipinski definition) is 4. The Labute approximate surface area is 395 Å². The first kappa shape index (κ1) is 54.2. The molecule has 0 atom stereocenters. The monoisotopic (exact) mass is 929 g/mol. The summed E-state index contributed by atoms with van der Waals surface area (Å²) in [5.74, 6) is 3.84. The van der Waals surface area contributed by atoms with Crippen LogP contribution in [-0.2, 0) is 17.1 Å². The molecule has 2 aliphatic heterocycles. The smallest absolute Gasteiger partial charge is 0.479 e. The third-order valence-corrected chi connectivity index (χ3v) is 11.7. The summed E-state index contributed by atoms with van der Waals surface area (Å²) in [7, 11) is -6.00. The number of para-hydroxylation sites is 4. The summed E-state index contributed by atoms with van der Waals surface area (Å²) >= 11 is 0. The SMILES string of the molecule is CC(C)c1cccc(C(C)C)c1N1C=CN(c2c(C(C)C)cccc2C(C)C)[CH-]1.CC(C)c1cccc(C(C)C)c1N1C=CN(c2c(C(C)C)cccc2C(C)C)[CH-]1.F[B-](F)(F)F.[Cu+]. The molecule has 6 rings (SSSR count). The molecule has 0 unspecified atom stereocenters. The van der Waals surface area contributed by atoms with Crippen LogP contribution in [0.3, 0.4) is 0 Å². The number of rotatable bonds is 12. The Kier molecular flexibility index (Phi) is 19.8. The molecule has 10 heteroatoms. The van der Waals surface area contributed by atoms with Crippen molar-refractivity contribution >= 4 is 30.0 Å². The number of hydrogen-bond donors (Lipinski definition) is 0. The summed E-state index contributed by atoms with van der Waals surface area (Å²) in [6.45, 7) is 41.1. The maximum absolute atomic E-state index is 9.75. The number of halogens is 4. The van der Waals surface area contributed by atoms with Gasteiger partial charge in [0.2, 0.25) is 0 Å². The van der Waals surface area contributed by atoms with E-state index in [4.69, 9.17) is 0 Å². The molecule has 0 aliphatic carbocycles. The van der Waals surface area contributed by atoms with E-state index in [-0.39, 0.29) is 17.1 Å². The summed E-state index contributed by atoms with van der Waals surface area (Å²) in [5.41, 5.74) is 16.6. The molecule has 0 amide bonds. The Balaban J connectivity index is 0.000000303. The largest absolute Gasteiger partial charge is 1.00 e. The average Bonchev–Trinajstić information content (AvgIpc) is 3.90. The summed E-state index contributed by atoms with van der Waals surface area (Å²) in [6.07, 6.45) is 8.87. The second-order valence-corrected chi connectivity index (χ2v) is 19.3. The zero-order valence-electron chi connectivity index (χ0n) is 41.2. The molecule has 0 aromatic heterocycles. The molecule has 0 spiro atoms. The van der Waals surface area contributed by atoms with Gasteiger partial charge in [0.25, 0.3) is 0 Å². The third kappa shape index (κ3) is 13.5. The Bertz CT molecular complexity index is 1770. The number of anilines is 4. The molecule has 64 heavy (non-hydrogen) atoms. The van der Waals surface area contributed by atoms with Crippen LogP contribution in [0.15, 0.2) is 97.6 Å². The van der Waals surface area contributed by atoms with Crippen LogP contribution in [0.25, 0.3) is 0 Å².